The van der Waals surface area contributed by atoms with Gasteiger partial charge in [0.15, 0.2) is 0 Å². The molecule has 0 unspecified atom stereocenters. The maximum Gasteiger partial charge on any atom is 0.338 e. The molecule has 8 nitrogen and oxygen atoms in total. The van der Waals surface area contributed by atoms with Crippen LogP contribution in [-0.4, -0.2) is 78.5 Å². The molecule has 2 heterocycles. The highest BCUT2D eigenvalue weighted by Crippen LogP contribution is 2.34. The molecule has 178 valence electrons. The van der Waals surface area contributed by atoms with Gasteiger partial charge >= 0.3 is 12.0 Å². The van der Waals surface area contributed by atoms with Crippen molar-refractivity contribution in [2.24, 2.45) is 5.92 Å². The molecule has 0 aromatic heterocycles. The van der Waals surface area contributed by atoms with Gasteiger partial charge in [0.1, 0.15) is 0 Å². The molecule has 1 N–H and O–H groups in total. The summed E-state index contributed by atoms with van der Waals surface area (Å²) in [7, 11) is 1.69. The molecule has 2 aliphatic heterocycles. The molecule has 4 rings (SSSR count). The first kappa shape index (κ1) is 23.3. The summed E-state index contributed by atoms with van der Waals surface area (Å²) in [5.41, 5.74) is 3.00. The molecule has 2 fully saturated rings. The minimum Gasteiger partial charge on any atom is -0.463 e. The molecule has 1 aromatic rings. The summed E-state index contributed by atoms with van der Waals surface area (Å²) < 4.78 is 5.43. The first-order valence-corrected chi connectivity index (χ1v) is 11.8. The van der Waals surface area contributed by atoms with E-state index >= 15 is 0 Å². The summed E-state index contributed by atoms with van der Waals surface area (Å²) in [6.45, 7) is 8.58. The van der Waals surface area contributed by atoms with Crippen molar-refractivity contribution < 1.29 is 19.1 Å². The van der Waals surface area contributed by atoms with E-state index in [1.165, 1.54) is 4.90 Å². The van der Waals surface area contributed by atoms with E-state index in [9.17, 15) is 14.4 Å². The third kappa shape index (κ3) is 4.76. The molecule has 3 aliphatic rings. The van der Waals surface area contributed by atoms with Crippen LogP contribution >= 0.6 is 0 Å². The molecule has 0 spiro atoms. The van der Waals surface area contributed by atoms with Crippen molar-refractivity contribution in [1.82, 2.24) is 20.0 Å². The van der Waals surface area contributed by atoms with Crippen molar-refractivity contribution >= 4 is 17.9 Å². The highest BCUT2D eigenvalue weighted by Gasteiger charge is 2.40. The number of piperazine rings is 1. The van der Waals surface area contributed by atoms with Gasteiger partial charge in [-0.1, -0.05) is 24.3 Å². The molecule has 33 heavy (non-hydrogen) atoms. The van der Waals surface area contributed by atoms with E-state index in [1.54, 1.807) is 14.0 Å². The average Bonchev–Trinajstić information content (AvgIpc) is 3.62. The number of likely N-dealkylation sites (N-methyl/N-ethyl adjacent to an activating group) is 1. The van der Waals surface area contributed by atoms with Gasteiger partial charge in [-0.25, -0.2) is 9.59 Å². The summed E-state index contributed by atoms with van der Waals surface area (Å²) >= 11 is 0. The van der Waals surface area contributed by atoms with Gasteiger partial charge in [0.2, 0.25) is 5.91 Å². The van der Waals surface area contributed by atoms with Crippen LogP contribution in [0.5, 0.6) is 0 Å². The molecule has 1 saturated carbocycles. The third-order valence-corrected chi connectivity index (χ3v) is 6.87. The number of hydrogen-bond donors (Lipinski definition) is 1. The van der Waals surface area contributed by atoms with Crippen molar-refractivity contribution in [3.63, 3.8) is 0 Å². The Morgan fingerprint density at radius 2 is 1.91 bits per heavy atom. The number of rotatable bonds is 6. The Morgan fingerprint density at radius 3 is 2.55 bits per heavy atom. The number of hydrogen-bond acceptors (Lipinski definition) is 5. The number of carbonyl (C=O) groups is 3. The van der Waals surface area contributed by atoms with Crippen LogP contribution in [0, 0.1) is 12.8 Å². The fourth-order valence-corrected chi connectivity index (χ4v) is 4.82. The topological polar surface area (TPSA) is 82.2 Å². The molecule has 0 bridgehead atoms. The monoisotopic (exact) mass is 454 g/mol. The van der Waals surface area contributed by atoms with Crippen molar-refractivity contribution in [2.75, 3.05) is 39.8 Å². The molecule has 8 heteroatoms. The standard InChI is InChI=1S/C25H34N4O4/c1-5-33-24(31)21-20(15-28-12-13-29(17(3)14-28)23(30)18-10-11-18)27(4)25(32)26-22(21)19-9-7-6-8-16(19)2/h6-9,17-18,22H,5,10-15H2,1-4H3,(H,26,32)/t17-,22-/m0/s1. The Bertz CT molecular complexity index is 971. The second-order valence-electron chi connectivity index (χ2n) is 9.27. The normalized spacial score (nSPS) is 24.1. The molecular weight excluding hydrogens is 420 g/mol. The van der Waals surface area contributed by atoms with Crippen molar-refractivity contribution in [2.45, 2.75) is 45.7 Å². The highest BCUT2D eigenvalue weighted by molar-refractivity contribution is 5.95. The molecule has 0 radical (unpaired) electrons. The number of nitrogens with zero attached hydrogens (tertiary/aromatic N) is 3. The van der Waals surface area contributed by atoms with Crippen LogP contribution in [0.4, 0.5) is 4.79 Å². The number of ether oxygens (including phenoxy) is 1. The minimum atomic E-state index is -0.570. The molecule has 1 saturated heterocycles. The fourth-order valence-electron chi connectivity index (χ4n) is 4.82. The molecular formula is C25H34N4O4. The van der Waals surface area contributed by atoms with Crippen LogP contribution in [0.15, 0.2) is 35.5 Å². The minimum absolute atomic E-state index is 0.0911. The number of aryl methyl sites for hydroxylation is 1. The second kappa shape index (κ2) is 9.55. The Balaban J connectivity index is 1.64. The molecule has 1 aromatic carbocycles. The number of carbonyl (C=O) groups excluding carboxylic acids is 3. The number of esters is 1. The van der Waals surface area contributed by atoms with E-state index in [0.717, 1.165) is 24.0 Å². The quantitative estimate of drug-likeness (QED) is 0.668. The van der Waals surface area contributed by atoms with Crippen LogP contribution in [0.3, 0.4) is 0 Å². The van der Waals surface area contributed by atoms with Gasteiger partial charge in [-0.3, -0.25) is 14.6 Å². The van der Waals surface area contributed by atoms with E-state index in [4.69, 9.17) is 4.74 Å². The number of nitrogens with one attached hydrogen (secondary N) is 1. The predicted molar refractivity (Wildman–Crippen MR) is 124 cm³/mol. The lowest BCUT2D eigenvalue weighted by Crippen LogP contribution is -2.56. The van der Waals surface area contributed by atoms with Crippen molar-refractivity contribution in [1.29, 1.82) is 0 Å². The van der Waals surface area contributed by atoms with E-state index in [0.29, 0.717) is 37.4 Å². The summed E-state index contributed by atoms with van der Waals surface area (Å²) in [6.07, 6.45) is 2.00. The molecule has 2 atom stereocenters. The van der Waals surface area contributed by atoms with Gasteiger partial charge in [0.05, 0.1) is 18.2 Å². The summed E-state index contributed by atoms with van der Waals surface area (Å²) in [5.74, 6) is 0.0609. The van der Waals surface area contributed by atoms with Gasteiger partial charge in [-0.2, -0.15) is 0 Å². The number of urea groups is 1. The maximum atomic E-state index is 13.2. The van der Waals surface area contributed by atoms with Gasteiger partial charge in [0.25, 0.3) is 0 Å². The van der Waals surface area contributed by atoms with E-state index in [2.05, 4.69) is 17.1 Å². The van der Waals surface area contributed by atoms with Crippen LogP contribution in [0.2, 0.25) is 0 Å². The third-order valence-electron chi connectivity index (χ3n) is 6.87. The fraction of sp³-hybridized carbons (Fsp3) is 0.560. The van der Waals surface area contributed by atoms with Crippen molar-refractivity contribution in [3.05, 3.63) is 46.7 Å². The van der Waals surface area contributed by atoms with E-state index in [-0.39, 0.29) is 30.5 Å². The average molecular weight is 455 g/mol. The van der Waals surface area contributed by atoms with Gasteiger partial charge in [-0.15, -0.1) is 0 Å². The Kier molecular flexibility index (Phi) is 6.74. The Hall–Kier alpha value is -2.87. The first-order chi connectivity index (χ1) is 15.8. The van der Waals surface area contributed by atoms with Crippen LogP contribution in [0.1, 0.15) is 43.9 Å². The zero-order valence-corrected chi connectivity index (χ0v) is 20.0. The summed E-state index contributed by atoms with van der Waals surface area (Å²) in [6, 6.07) is 7.03. The lowest BCUT2D eigenvalue weighted by molar-refractivity contribution is -0.139. The zero-order chi connectivity index (χ0) is 23.7. The largest absolute Gasteiger partial charge is 0.463 e. The maximum absolute atomic E-state index is 13.2. The highest BCUT2D eigenvalue weighted by atomic mass is 16.5. The lowest BCUT2D eigenvalue weighted by Gasteiger charge is -2.42. The van der Waals surface area contributed by atoms with Crippen molar-refractivity contribution in [3.8, 4) is 0 Å². The zero-order valence-electron chi connectivity index (χ0n) is 20.0. The van der Waals surface area contributed by atoms with Crippen LogP contribution < -0.4 is 5.32 Å². The Morgan fingerprint density at radius 1 is 1.18 bits per heavy atom. The van der Waals surface area contributed by atoms with Crippen LogP contribution in [-0.2, 0) is 14.3 Å². The van der Waals surface area contributed by atoms with E-state index < -0.39 is 12.0 Å². The molecule has 3 amide bonds. The predicted octanol–water partition coefficient (Wildman–Crippen LogP) is 2.45. The second-order valence-corrected chi connectivity index (χ2v) is 9.27. The first-order valence-electron chi connectivity index (χ1n) is 11.8. The van der Waals surface area contributed by atoms with E-state index in [1.807, 2.05) is 36.1 Å². The lowest BCUT2D eigenvalue weighted by atomic mass is 9.91. The van der Waals surface area contributed by atoms with Gasteiger partial charge < -0.3 is 15.0 Å². The number of benzene rings is 1. The van der Waals surface area contributed by atoms with Crippen LogP contribution in [0.25, 0.3) is 0 Å². The SMILES string of the molecule is CCOC(=O)C1=C(CN2CCN(C(=O)C3CC3)[C@@H](C)C2)N(C)C(=O)N[C@H]1c1ccccc1C. The van der Waals surface area contributed by atoms with Gasteiger partial charge in [-0.05, 0) is 44.7 Å². The summed E-state index contributed by atoms with van der Waals surface area (Å²) in [4.78, 5) is 44.4. The van der Waals surface area contributed by atoms with Gasteiger partial charge in [0, 0.05) is 50.9 Å². The number of amides is 3. The Labute approximate surface area is 195 Å². The summed E-state index contributed by atoms with van der Waals surface area (Å²) in [5, 5.41) is 2.99. The molecule has 1 aliphatic carbocycles. The smallest absolute Gasteiger partial charge is 0.338 e.